The van der Waals surface area contributed by atoms with Gasteiger partial charge in [0.1, 0.15) is 11.6 Å². The van der Waals surface area contributed by atoms with Crippen molar-refractivity contribution in [3.05, 3.63) is 29.6 Å². The zero-order valence-corrected chi connectivity index (χ0v) is 11.3. The summed E-state index contributed by atoms with van der Waals surface area (Å²) in [5.41, 5.74) is 0.335. The first-order valence-electron chi connectivity index (χ1n) is 5.63. The third kappa shape index (κ3) is 4.56. The molecule has 1 rings (SSSR count). The molecule has 1 N–H and O–H groups in total. The lowest BCUT2D eigenvalue weighted by Crippen LogP contribution is -2.05. The number of methoxy groups -OCH3 is 1. The van der Waals surface area contributed by atoms with Gasteiger partial charge in [0.2, 0.25) is 0 Å². The summed E-state index contributed by atoms with van der Waals surface area (Å²) in [7, 11) is 1.49. The summed E-state index contributed by atoms with van der Waals surface area (Å²) >= 11 is 1.64. The van der Waals surface area contributed by atoms with Gasteiger partial charge in [-0.15, -0.1) is 0 Å². The fourth-order valence-corrected chi connectivity index (χ4v) is 2.42. The molecule has 96 valence electrons. The Morgan fingerprint density at radius 1 is 1.35 bits per heavy atom. The quantitative estimate of drug-likeness (QED) is 0.849. The van der Waals surface area contributed by atoms with Crippen LogP contribution >= 0.6 is 11.8 Å². The van der Waals surface area contributed by atoms with E-state index in [4.69, 9.17) is 4.74 Å². The van der Waals surface area contributed by atoms with Crippen LogP contribution in [0.1, 0.15) is 25.5 Å². The van der Waals surface area contributed by atoms with Crippen LogP contribution in [-0.4, -0.2) is 23.7 Å². The number of ether oxygens (including phenoxy) is 1. The van der Waals surface area contributed by atoms with Crippen LogP contribution in [0.25, 0.3) is 0 Å². The van der Waals surface area contributed by atoms with Crippen LogP contribution in [0.15, 0.2) is 18.2 Å². The fourth-order valence-electron chi connectivity index (χ4n) is 1.41. The van der Waals surface area contributed by atoms with Crippen molar-refractivity contribution in [3.63, 3.8) is 0 Å². The van der Waals surface area contributed by atoms with Crippen LogP contribution in [0.4, 0.5) is 4.39 Å². The third-order valence-electron chi connectivity index (χ3n) is 2.29. The minimum Gasteiger partial charge on any atom is -0.497 e. The number of hydrogen-bond acceptors (Lipinski definition) is 3. The van der Waals surface area contributed by atoms with Gasteiger partial charge in [0.25, 0.3) is 0 Å². The summed E-state index contributed by atoms with van der Waals surface area (Å²) in [6.45, 7) is 4.24. The van der Waals surface area contributed by atoms with Crippen LogP contribution in [0.5, 0.6) is 5.75 Å². The molecule has 0 heterocycles. The molecule has 4 heteroatoms. The van der Waals surface area contributed by atoms with Crippen LogP contribution in [0, 0.1) is 11.7 Å². The highest BCUT2D eigenvalue weighted by Crippen LogP contribution is 2.25. The normalized spacial score (nSPS) is 12.8. The van der Waals surface area contributed by atoms with E-state index in [2.05, 4.69) is 13.8 Å². The number of hydrogen-bond donors (Lipinski definition) is 1. The van der Waals surface area contributed by atoms with Crippen LogP contribution < -0.4 is 4.74 Å². The average molecular weight is 258 g/mol. The topological polar surface area (TPSA) is 29.5 Å². The summed E-state index contributed by atoms with van der Waals surface area (Å²) in [5, 5.41) is 9.88. The van der Waals surface area contributed by atoms with Gasteiger partial charge in [0.15, 0.2) is 0 Å². The lowest BCUT2D eigenvalue weighted by atomic mass is 10.1. The van der Waals surface area contributed by atoms with Gasteiger partial charge in [0.05, 0.1) is 13.2 Å². The first kappa shape index (κ1) is 14.3. The van der Waals surface area contributed by atoms with Crippen molar-refractivity contribution in [2.24, 2.45) is 5.92 Å². The lowest BCUT2D eigenvalue weighted by Gasteiger charge is -2.13. The maximum atomic E-state index is 13.6. The second-order valence-electron chi connectivity index (χ2n) is 4.33. The summed E-state index contributed by atoms with van der Waals surface area (Å²) < 4.78 is 18.5. The molecule has 2 nitrogen and oxygen atoms in total. The average Bonchev–Trinajstić information content (AvgIpc) is 2.28. The van der Waals surface area contributed by atoms with Crippen molar-refractivity contribution in [1.82, 2.24) is 0 Å². The number of halogens is 1. The summed E-state index contributed by atoms with van der Waals surface area (Å²) in [6.07, 6.45) is -0.760. The van der Waals surface area contributed by atoms with Gasteiger partial charge in [-0.25, -0.2) is 4.39 Å². The first-order chi connectivity index (χ1) is 8.04. The molecule has 1 aromatic carbocycles. The van der Waals surface area contributed by atoms with E-state index in [9.17, 15) is 9.50 Å². The van der Waals surface area contributed by atoms with E-state index in [1.54, 1.807) is 23.9 Å². The molecule has 0 bridgehead atoms. The second kappa shape index (κ2) is 6.87. The number of aliphatic hydroxyl groups excluding tert-OH is 1. The van der Waals surface area contributed by atoms with E-state index >= 15 is 0 Å². The summed E-state index contributed by atoms with van der Waals surface area (Å²) in [5.74, 6) is 2.11. The molecule has 0 saturated heterocycles. The number of rotatable bonds is 6. The Bertz CT molecular complexity index is 355. The summed E-state index contributed by atoms with van der Waals surface area (Å²) in [6, 6.07) is 4.54. The van der Waals surface area contributed by atoms with Gasteiger partial charge >= 0.3 is 0 Å². The Morgan fingerprint density at radius 3 is 2.59 bits per heavy atom. The van der Waals surface area contributed by atoms with E-state index in [0.717, 1.165) is 5.75 Å². The molecule has 1 atom stereocenters. The predicted octanol–water partition coefficient (Wildman–Crippen LogP) is 3.26. The number of thioether (sulfide) groups is 1. The van der Waals surface area contributed by atoms with Crippen LogP contribution in [-0.2, 0) is 0 Å². The molecular formula is C13H19FO2S. The first-order valence-corrected chi connectivity index (χ1v) is 6.79. The molecule has 1 unspecified atom stereocenters. The van der Waals surface area contributed by atoms with Crippen LogP contribution in [0.2, 0.25) is 0 Å². The Morgan fingerprint density at radius 2 is 2.06 bits per heavy atom. The summed E-state index contributed by atoms with van der Waals surface area (Å²) in [4.78, 5) is 0. The number of aliphatic hydroxyl groups is 1. The molecule has 0 spiro atoms. The molecule has 0 saturated carbocycles. The van der Waals surface area contributed by atoms with Gasteiger partial charge in [-0.3, -0.25) is 0 Å². The molecule has 1 aromatic rings. The van der Waals surface area contributed by atoms with E-state index in [-0.39, 0.29) is 0 Å². The highest BCUT2D eigenvalue weighted by Gasteiger charge is 2.13. The largest absolute Gasteiger partial charge is 0.497 e. The Labute approximate surface area is 106 Å². The van der Waals surface area contributed by atoms with Crippen molar-refractivity contribution in [2.75, 3.05) is 18.6 Å². The van der Waals surface area contributed by atoms with Crippen molar-refractivity contribution in [2.45, 2.75) is 20.0 Å². The minimum atomic E-state index is -0.760. The van der Waals surface area contributed by atoms with Gasteiger partial charge in [-0.2, -0.15) is 11.8 Å². The van der Waals surface area contributed by atoms with E-state index < -0.39 is 11.9 Å². The van der Waals surface area contributed by atoms with Crippen molar-refractivity contribution >= 4 is 11.8 Å². The van der Waals surface area contributed by atoms with E-state index in [1.165, 1.54) is 13.2 Å². The fraction of sp³-hybridized carbons (Fsp3) is 0.538. The Hall–Kier alpha value is -0.740. The van der Waals surface area contributed by atoms with Gasteiger partial charge in [-0.05, 0) is 23.8 Å². The molecule has 0 aliphatic carbocycles. The zero-order valence-electron chi connectivity index (χ0n) is 10.4. The molecule has 0 radical (unpaired) electrons. The maximum Gasteiger partial charge on any atom is 0.132 e. The molecule has 0 fully saturated rings. The molecule has 17 heavy (non-hydrogen) atoms. The van der Waals surface area contributed by atoms with Gasteiger partial charge in [-0.1, -0.05) is 13.8 Å². The smallest absolute Gasteiger partial charge is 0.132 e. The molecular weight excluding hydrogens is 239 g/mol. The van der Waals surface area contributed by atoms with Crippen molar-refractivity contribution in [1.29, 1.82) is 0 Å². The van der Waals surface area contributed by atoms with Crippen molar-refractivity contribution < 1.29 is 14.2 Å². The molecule has 0 aliphatic heterocycles. The highest BCUT2D eigenvalue weighted by atomic mass is 32.2. The van der Waals surface area contributed by atoms with E-state index in [0.29, 0.717) is 23.0 Å². The van der Waals surface area contributed by atoms with Gasteiger partial charge in [0, 0.05) is 17.4 Å². The SMILES string of the molecule is COc1ccc(C(O)CSCC(C)C)c(F)c1. The molecule has 0 aliphatic rings. The van der Waals surface area contributed by atoms with Gasteiger partial charge < -0.3 is 9.84 Å². The highest BCUT2D eigenvalue weighted by molar-refractivity contribution is 7.99. The van der Waals surface area contributed by atoms with Crippen molar-refractivity contribution in [3.8, 4) is 5.75 Å². The predicted molar refractivity (Wildman–Crippen MR) is 70.1 cm³/mol. The third-order valence-corrected chi connectivity index (χ3v) is 3.75. The number of benzene rings is 1. The lowest BCUT2D eigenvalue weighted by molar-refractivity contribution is 0.198. The second-order valence-corrected chi connectivity index (χ2v) is 5.41. The molecule has 0 amide bonds. The monoisotopic (exact) mass is 258 g/mol. The Kier molecular flexibility index (Phi) is 5.78. The zero-order chi connectivity index (χ0) is 12.8. The molecule has 0 aromatic heterocycles. The standard InChI is InChI=1S/C13H19FO2S/c1-9(2)7-17-8-13(15)11-5-4-10(16-3)6-12(11)14/h4-6,9,13,15H,7-8H2,1-3H3. The maximum absolute atomic E-state index is 13.6. The Balaban J connectivity index is 2.59. The van der Waals surface area contributed by atoms with Crippen LogP contribution in [0.3, 0.4) is 0 Å². The van der Waals surface area contributed by atoms with E-state index in [1.807, 2.05) is 0 Å². The minimum absolute atomic E-state index is 0.335.